The van der Waals surface area contributed by atoms with E-state index in [0.29, 0.717) is 0 Å². The maximum atomic E-state index is 12.3. The number of carbonyl (C=O) groups excluding carboxylic acids is 2. The molecule has 8 nitrogen and oxygen atoms in total. The van der Waals surface area contributed by atoms with Gasteiger partial charge in [0.25, 0.3) is 0 Å². The minimum atomic E-state index is -1.46. The van der Waals surface area contributed by atoms with Gasteiger partial charge in [0.1, 0.15) is 6.04 Å². The number of benzene rings is 1. The Labute approximate surface area is 133 Å². The number of nitrogens with one attached hydrogen (secondary N) is 2. The summed E-state index contributed by atoms with van der Waals surface area (Å²) in [7, 11) is 0. The molecule has 0 spiro atoms. The van der Waals surface area contributed by atoms with E-state index in [1.54, 1.807) is 24.3 Å². The predicted molar refractivity (Wildman–Crippen MR) is 82.4 cm³/mol. The molecule has 1 aromatic rings. The number of carbonyl (C=O) groups is 3. The summed E-state index contributed by atoms with van der Waals surface area (Å²) in [6.45, 7) is 0.959. The number of carboxylic acids is 1. The largest absolute Gasteiger partial charge is 0.480 e. The zero-order valence-electron chi connectivity index (χ0n) is 12.7. The third-order valence-corrected chi connectivity index (χ3v) is 3.17. The Morgan fingerprint density at radius 3 is 2.26 bits per heavy atom. The Balaban J connectivity index is 2.87. The van der Waals surface area contributed by atoms with Crippen LogP contribution in [-0.2, 0) is 20.8 Å². The number of aliphatic hydroxyl groups excluding tert-OH is 1. The highest BCUT2D eigenvalue weighted by molar-refractivity contribution is 5.91. The van der Waals surface area contributed by atoms with Gasteiger partial charge in [-0.3, -0.25) is 9.59 Å². The number of amides is 2. The molecule has 0 saturated carbocycles. The van der Waals surface area contributed by atoms with Crippen molar-refractivity contribution in [1.29, 1.82) is 0 Å². The van der Waals surface area contributed by atoms with Crippen LogP contribution in [0.15, 0.2) is 30.3 Å². The highest BCUT2D eigenvalue weighted by Gasteiger charge is 2.29. The monoisotopic (exact) mass is 323 g/mol. The fourth-order valence-corrected chi connectivity index (χ4v) is 1.95. The lowest BCUT2D eigenvalue weighted by Gasteiger charge is -2.22. The number of nitrogens with two attached hydrogens (primary N) is 1. The van der Waals surface area contributed by atoms with Crippen LogP contribution in [0.3, 0.4) is 0 Å². The summed E-state index contributed by atoms with van der Waals surface area (Å²) in [5, 5.41) is 23.1. The zero-order valence-corrected chi connectivity index (χ0v) is 12.7. The van der Waals surface area contributed by atoms with E-state index in [0.717, 1.165) is 5.56 Å². The molecule has 0 aliphatic rings. The highest BCUT2D eigenvalue weighted by atomic mass is 16.4. The summed E-state index contributed by atoms with van der Waals surface area (Å²) < 4.78 is 0. The molecule has 0 aliphatic carbocycles. The summed E-state index contributed by atoms with van der Waals surface area (Å²) in [4.78, 5) is 34.8. The van der Waals surface area contributed by atoms with Gasteiger partial charge in [0, 0.05) is 6.42 Å². The molecule has 3 unspecified atom stereocenters. The van der Waals surface area contributed by atoms with Crippen molar-refractivity contribution >= 4 is 17.8 Å². The van der Waals surface area contributed by atoms with Crippen LogP contribution in [-0.4, -0.2) is 52.7 Å². The molecular formula is C15H21N3O5. The number of carboxylic acid groups (broad SMARTS) is 1. The maximum Gasteiger partial charge on any atom is 0.328 e. The molecule has 0 fully saturated rings. The fraction of sp³-hybridized carbons (Fsp3) is 0.400. The molecule has 0 radical (unpaired) electrons. The Bertz CT molecular complexity index is 547. The predicted octanol–water partition coefficient (Wildman–Crippen LogP) is -1.38. The van der Waals surface area contributed by atoms with Crippen molar-refractivity contribution in [2.45, 2.75) is 31.5 Å². The van der Waals surface area contributed by atoms with Gasteiger partial charge in [0.15, 0.2) is 6.04 Å². The quantitative estimate of drug-likeness (QED) is 0.399. The van der Waals surface area contributed by atoms with Crippen LogP contribution < -0.4 is 16.4 Å². The third kappa shape index (κ3) is 6.05. The molecule has 0 heterocycles. The van der Waals surface area contributed by atoms with Gasteiger partial charge in [0.2, 0.25) is 11.8 Å². The van der Waals surface area contributed by atoms with Gasteiger partial charge in [-0.15, -0.1) is 0 Å². The molecule has 23 heavy (non-hydrogen) atoms. The normalized spacial score (nSPS) is 14.4. The van der Waals surface area contributed by atoms with Crippen molar-refractivity contribution in [3.05, 3.63) is 35.9 Å². The van der Waals surface area contributed by atoms with E-state index in [1.165, 1.54) is 6.92 Å². The molecule has 126 valence electrons. The highest BCUT2D eigenvalue weighted by Crippen LogP contribution is 2.04. The standard InChI is InChI=1S/C15H21N3O5/c1-9(19)13(15(22)23)18-14(21)11(17-12(20)8-16)7-10-5-3-2-4-6-10/h2-6,9,11,13,19H,7-8,16H2,1H3,(H,17,20)(H,18,21)(H,22,23). The number of aliphatic carboxylic acids is 1. The average molecular weight is 323 g/mol. The van der Waals surface area contributed by atoms with E-state index in [9.17, 15) is 19.5 Å². The summed E-state index contributed by atoms with van der Waals surface area (Å²) in [6.07, 6.45) is -1.11. The van der Waals surface area contributed by atoms with Gasteiger partial charge < -0.3 is 26.6 Å². The van der Waals surface area contributed by atoms with E-state index in [2.05, 4.69) is 10.6 Å². The van der Waals surface area contributed by atoms with Crippen LogP contribution in [0.5, 0.6) is 0 Å². The van der Waals surface area contributed by atoms with Gasteiger partial charge >= 0.3 is 5.97 Å². The van der Waals surface area contributed by atoms with Crippen LogP contribution in [0.2, 0.25) is 0 Å². The molecule has 3 atom stereocenters. The van der Waals surface area contributed by atoms with Crippen LogP contribution in [0.25, 0.3) is 0 Å². The number of rotatable bonds is 8. The van der Waals surface area contributed by atoms with Crippen molar-refractivity contribution in [1.82, 2.24) is 10.6 Å². The smallest absolute Gasteiger partial charge is 0.328 e. The summed E-state index contributed by atoms with van der Waals surface area (Å²) in [5.74, 6) is -2.61. The van der Waals surface area contributed by atoms with E-state index in [4.69, 9.17) is 10.8 Å². The Kier molecular flexibility index (Phi) is 7.17. The molecule has 0 aliphatic heterocycles. The lowest BCUT2D eigenvalue weighted by molar-refractivity contribution is -0.145. The molecule has 1 aromatic carbocycles. The lowest BCUT2D eigenvalue weighted by atomic mass is 10.0. The van der Waals surface area contributed by atoms with Crippen LogP contribution >= 0.6 is 0 Å². The minimum absolute atomic E-state index is 0.171. The second-order valence-corrected chi connectivity index (χ2v) is 5.08. The van der Waals surface area contributed by atoms with E-state index < -0.39 is 36.0 Å². The molecule has 2 amide bonds. The molecule has 6 N–H and O–H groups in total. The van der Waals surface area contributed by atoms with E-state index in [1.807, 2.05) is 6.07 Å². The summed E-state index contributed by atoms with van der Waals surface area (Å²) >= 11 is 0. The first-order valence-corrected chi connectivity index (χ1v) is 7.09. The minimum Gasteiger partial charge on any atom is -0.480 e. The van der Waals surface area contributed by atoms with E-state index >= 15 is 0 Å². The number of aliphatic hydroxyl groups is 1. The fourth-order valence-electron chi connectivity index (χ4n) is 1.95. The first-order valence-electron chi connectivity index (χ1n) is 7.09. The van der Waals surface area contributed by atoms with Crippen molar-refractivity contribution in [2.75, 3.05) is 6.54 Å². The topological polar surface area (TPSA) is 142 Å². The molecule has 8 heteroatoms. The molecule has 0 aromatic heterocycles. The zero-order chi connectivity index (χ0) is 17.4. The van der Waals surface area contributed by atoms with Gasteiger partial charge in [-0.05, 0) is 12.5 Å². The second-order valence-electron chi connectivity index (χ2n) is 5.08. The molecule has 1 rings (SSSR count). The van der Waals surface area contributed by atoms with E-state index in [-0.39, 0.29) is 13.0 Å². The van der Waals surface area contributed by atoms with Gasteiger partial charge in [-0.25, -0.2) is 4.79 Å². The first kappa shape index (κ1) is 18.6. The lowest BCUT2D eigenvalue weighted by Crippen LogP contribution is -2.56. The second kappa shape index (κ2) is 8.86. The Morgan fingerprint density at radius 1 is 1.17 bits per heavy atom. The Morgan fingerprint density at radius 2 is 1.78 bits per heavy atom. The number of hydrogen-bond donors (Lipinski definition) is 5. The molecule has 0 saturated heterocycles. The number of hydrogen-bond acceptors (Lipinski definition) is 5. The van der Waals surface area contributed by atoms with Crippen molar-refractivity contribution in [3.63, 3.8) is 0 Å². The Hall–Kier alpha value is -2.45. The third-order valence-electron chi connectivity index (χ3n) is 3.17. The van der Waals surface area contributed by atoms with Gasteiger partial charge in [-0.2, -0.15) is 0 Å². The van der Waals surface area contributed by atoms with Crippen LogP contribution in [0, 0.1) is 0 Å². The summed E-state index contributed by atoms with van der Waals surface area (Å²) in [6, 6.07) is 6.47. The summed E-state index contributed by atoms with van der Waals surface area (Å²) in [5.41, 5.74) is 6.02. The molecule has 0 bridgehead atoms. The van der Waals surface area contributed by atoms with Crippen molar-refractivity contribution < 1.29 is 24.6 Å². The molecular weight excluding hydrogens is 302 g/mol. The van der Waals surface area contributed by atoms with Gasteiger partial charge in [0.05, 0.1) is 12.6 Å². The van der Waals surface area contributed by atoms with Crippen LogP contribution in [0.4, 0.5) is 0 Å². The SMILES string of the molecule is CC(O)C(NC(=O)C(Cc1ccccc1)NC(=O)CN)C(=O)O. The van der Waals surface area contributed by atoms with Crippen molar-refractivity contribution in [3.8, 4) is 0 Å². The van der Waals surface area contributed by atoms with Crippen LogP contribution in [0.1, 0.15) is 12.5 Å². The first-order chi connectivity index (χ1) is 10.8. The van der Waals surface area contributed by atoms with Crippen molar-refractivity contribution in [2.24, 2.45) is 5.73 Å². The van der Waals surface area contributed by atoms with Gasteiger partial charge in [-0.1, -0.05) is 30.3 Å². The maximum absolute atomic E-state index is 12.3. The average Bonchev–Trinajstić information content (AvgIpc) is 2.51.